The molecule has 0 unspecified atom stereocenters. The fraction of sp³-hybridized carbons (Fsp3) is 0.833. The largest absolute Gasteiger partial charge is 0.330 e. The van der Waals surface area contributed by atoms with Gasteiger partial charge in [0.2, 0.25) is 0 Å². The third-order valence-electron chi connectivity index (χ3n) is 3.83. The SMILES string of the molecule is Cc1nnc(CC2(CN)CCC2)n1C(C)C. The number of aromatic nitrogens is 3. The van der Waals surface area contributed by atoms with Crippen LogP contribution in [0.5, 0.6) is 0 Å². The number of hydrogen-bond donors (Lipinski definition) is 1. The van der Waals surface area contributed by atoms with Gasteiger partial charge in [0, 0.05) is 12.5 Å². The maximum absolute atomic E-state index is 5.89. The van der Waals surface area contributed by atoms with E-state index in [-0.39, 0.29) is 0 Å². The Morgan fingerprint density at radius 1 is 1.38 bits per heavy atom. The van der Waals surface area contributed by atoms with Gasteiger partial charge in [-0.2, -0.15) is 0 Å². The molecule has 0 spiro atoms. The molecular weight excluding hydrogens is 200 g/mol. The van der Waals surface area contributed by atoms with Crippen molar-refractivity contribution < 1.29 is 0 Å². The Bertz CT molecular complexity index is 358. The van der Waals surface area contributed by atoms with Crippen molar-refractivity contribution >= 4 is 0 Å². The van der Waals surface area contributed by atoms with Gasteiger partial charge in [-0.3, -0.25) is 0 Å². The summed E-state index contributed by atoms with van der Waals surface area (Å²) in [7, 11) is 0. The monoisotopic (exact) mass is 222 g/mol. The van der Waals surface area contributed by atoms with Crippen molar-refractivity contribution in [3.05, 3.63) is 11.6 Å². The van der Waals surface area contributed by atoms with Crippen molar-refractivity contribution in [2.24, 2.45) is 11.1 Å². The van der Waals surface area contributed by atoms with Gasteiger partial charge >= 0.3 is 0 Å². The zero-order valence-electron chi connectivity index (χ0n) is 10.5. The van der Waals surface area contributed by atoms with E-state index in [2.05, 4.69) is 28.6 Å². The first-order valence-electron chi connectivity index (χ1n) is 6.18. The minimum absolute atomic E-state index is 0.312. The topological polar surface area (TPSA) is 56.7 Å². The van der Waals surface area contributed by atoms with E-state index < -0.39 is 0 Å². The molecule has 0 bridgehead atoms. The third-order valence-corrected chi connectivity index (χ3v) is 3.83. The van der Waals surface area contributed by atoms with E-state index in [0.717, 1.165) is 24.6 Å². The van der Waals surface area contributed by atoms with Gasteiger partial charge in [-0.1, -0.05) is 6.42 Å². The fourth-order valence-electron chi connectivity index (χ4n) is 2.67. The highest BCUT2D eigenvalue weighted by molar-refractivity contribution is 5.03. The Kier molecular flexibility index (Phi) is 3.02. The number of nitrogens with two attached hydrogens (primary N) is 1. The van der Waals surface area contributed by atoms with Crippen LogP contribution >= 0.6 is 0 Å². The smallest absolute Gasteiger partial charge is 0.133 e. The first kappa shape index (κ1) is 11.6. The minimum atomic E-state index is 0.312. The molecule has 1 fully saturated rings. The predicted molar refractivity (Wildman–Crippen MR) is 64.2 cm³/mol. The second kappa shape index (κ2) is 4.17. The molecule has 1 aliphatic rings. The highest BCUT2D eigenvalue weighted by Crippen LogP contribution is 2.42. The molecule has 1 heterocycles. The van der Waals surface area contributed by atoms with Crippen molar-refractivity contribution in [1.29, 1.82) is 0 Å². The van der Waals surface area contributed by atoms with Crippen LogP contribution in [-0.4, -0.2) is 21.3 Å². The number of aryl methyl sites for hydroxylation is 1. The summed E-state index contributed by atoms with van der Waals surface area (Å²) < 4.78 is 2.23. The summed E-state index contributed by atoms with van der Waals surface area (Å²) in [5.74, 6) is 2.12. The van der Waals surface area contributed by atoms with Crippen LogP contribution in [0.2, 0.25) is 0 Å². The summed E-state index contributed by atoms with van der Waals surface area (Å²) in [5, 5.41) is 8.50. The van der Waals surface area contributed by atoms with Crippen LogP contribution in [0.25, 0.3) is 0 Å². The van der Waals surface area contributed by atoms with Gasteiger partial charge in [0.15, 0.2) is 0 Å². The molecular formula is C12H22N4. The van der Waals surface area contributed by atoms with Crippen LogP contribution in [0.3, 0.4) is 0 Å². The second-order valence-electron chi connectivity index (χ2n) is 5.36. The molecule has 4 nitrogen and oxygen atoms in total. The average molecular weight is 222 g/mol. The molecule has 16 heavy (non-hydrogen) atoms. The molecule has 1 aromatic heterocycles. The van der Waals surface area contributed by atoms with Crippen LogP contribution in [0.4, 0.5) is 0 Å². The van der Waals surface area contributed by atoms with Gasteiger partial charge in [0.05, 0.1) is 0 Å². The van der Waals surface area contributed by atoms with E-state index in [1.807, 2.05) is 6.92 Å². The molecule has 0 aromatic carbocycles. The van der Waals surface area contributed by atoms with Gasteiger partial charge in [-0.25, -0.2) is 0 Å². The van der Waals surface area contributed by atoms with Crippen molar-refractivity contribution in [3.8, 4) is 0 Å². The van der Waals surface area contributed by atoms with E-state index in [1.54, 1.807) is 0 Å². The van der Waals surface area contributed by atoms with Crippen LogP contribution in [0.1, 0.15) is 50.8 Å². The molecule has 0 radical (unpaired) electrons. The summed E-state index contributed by atoms with van der Waals surface area (Å²) in [6.45, 7) is 7.15. The summed E-state index contributed by atoms with van der Waals surface area (Å²) in [5.41, 5.74) is 6.20. The summed E-state index contributed by atoms with van der Waals surface area (Å²) in [4.78, 5) is 0. The van der Waals surface area contributed by atoms with E-state index in [9.17, 15) is 0 Å². The fourth-order valence-corrected chi connectivity index (χ4v) is 2.67. The standard InChI is InChI=1S/C12H22N4/c1-9(2)16-10(3)14-15-11(16)7-12(8-13)5-4-6-12/h9H,4-8,13H2,1-3H3. The predicted octanol–water partition coefficient (Wildman–Crippen LogP) is 1.84. The number of rotatable bonds is 4. The van der Waals surface area contributed by atoms with Crippen molar-refractivity contribution in [1.82, 2.24) is 14.8 Å². The lowest BCUT2D eigenvalue weighted by Crippen LogP contribution is -2.40. The third kappa shape index (κ3) is 1.86. The first-order chi connectivity index (χ1) is 7.58. The summed E-state index contributed by atoms with van der Waals surface area (Å²) >= 11 is 0. The van der Waals surface area contributed by atoms with Crippen LogP contribution in [0, 0.1) is 12.3 Å². The average Bonchev–Trinajstić information content (AvgIpc) is 2.53. The Hall–Kier alpha value is -0.900. The quantitative estimate of drug-likeness (QED) is 0.845. The van der Waals surface area contributed by atoms with E-state index >= 15 is 0 Å². The van der Waals surface area contributed by atoms with E-state index in [0.29, 0.717) is 11.5 Å². The van der Waals surface area contributed by atoms with Gasteiger partial charge in [-0.05, 0) is 45.6 Å². The zero-order valence-corrected chi connectivity index (χ0v) is 10.5. The zero-order chi connectivity index (χ0) is 11.8. The summed E-state index contributed by atoms with van der Waals surface area (Å²) in [6.07, 6.45) is 4.79. The molecule has 2 rings (SSSR count). The lowest BCUT2D eigenvalue weighted by atomic mass is 9.66. The minimum Gasteiger partial charge on any atom is -0.330 e. The Labute approximate surface area is 97.2 Å². The normalized spacial score (nSPS) is 18.8. The molecule has 1 aromatic rings. The highest BCUT2D eigenvalue weighted by Gasteiger charge is 2.37. The number of nitrogens with zero attached hydrogens (tertiary/aromatic N) is 3. The molecule has 0 atom stereocenters. The maximum atomic E-state index is 5.89. The molecule has 0 saturated heterocycles. The maximum Gasteiger partial charge on any atom is 0.133 e. The summed E-state index contributed by atoms with van der Waals surface area (Å²) in [6, 6.07) is 0.430. The lowest BCUT2D eigenvalue weighted by Gasteiger charge is -2.40. The molecule has 0 amide bonds. The molecule has 90 valence electrons. The Morgan fingerprint density at radius 2 is 2.06 bits per heavy atom. The van der Waals surface area contributed by atoms with E-state index in [4.69, 9.17) is 5.73 Å². The number of hydrogen-bond acceptors (Lipinski definition) is 3. The Morgan fingerprint density at radius 3 is 2.50 bits per heavy atom. The van der Waals surface area contributed by atoms with Gasteiger partial charge in [0.25, 0.3) is 0 Å². The van der Waals surface area contributed by atoms with Crippen molar-refractivity contribution in [2.75, 3.05) is 6.54 Å². The first-order valence-corrected chi connectivity index (χ1v) is 6.18. The van der Waals surface area contributed by atoms with Crippen molar-refractivity contribution in [3.63, 3.8) is 0 Å². The van der Waals surface area contributed by atoms with E-state index in [1.165, 1.54) is 19.3 Å². The molecule has 4 heteroatoms. The van der Waals surface area contributed by atoms with Crippen LogP contribution < -0.4 is 5.73 Å². The van der Waals surface area contributed by atoms with Gasteiger partial charge in [-0.15, -0.1) is 10.2 Å². The van der Waals surface area contributed by atoms with Gasteiger partial charge in [0.1, 0.15) is 11.6 Å². The highest BCUT2D eigenvalue weighted by atomic mass is 15.3. The second-order valence-corrected chi connectivity index (χ2v) is 5.36. The molecule has 1 saturated carbocycles. The lowest BCUT2D eigenvalue weighted by molar-refractivity contribution is 0.139. The van der Waals surface area contributed by atoms with Crippen LogP contribution in [-0.2, 0) is 6.42 Å². The Balaban J connectivity index is 2.21. The van der Waals surface area contributed by atoms with Crippen LogP contribution in [0.15, 0.2) is 0 Å². The van der Waals surface area contributed by atoms with Gasteiger partial charge < -0.3 is 10.3 Å². The molecule has 0 aliphatic heterocycles. The molecule has 1 aliphatic carbocycles. The van der Waals surface area contributed by atoms with Crippen molar-refractivity contribution in [2.45, 2.75) is 52.5 Å². The molecule has 2 N–H and O–H groups in total.